The lowest BCUT2D eigenvalue weighted by atomic mass is 9.87. The van der Waals surface area contributed by atoms with Crippen molar-refractivity contribution in [3.8, 4) is 5.69 Å². The normalized spacial score (nSPS) is 22.4. The number of amides is 1. The van der Waals surface area contributed by atoms with E-state index in [1.807, 2.05) is 35.1 Å². The van der Waals surface area contributed by atoms with Gasteiger partial charge in [-0.15, -0.1) is 0 Å². The van der Waals surface area contributed by atoms with Crippen molar-refractivity contribution in [3.05, 3.63) is 46.7 Å². The molecule has 1 aromatic carbocycles. The van der Waals surface area contributed by atoms with Crippen molar-refractivity contribution in [2.45, 2.75) is 32.9 Å². The van der Waals surface area contributed by atoms with Crippen molar-refractivity contribution in [2.24, 2.45) is 5.41 Å². The van der Waals surface area contributed by atoms with Crippen LogP contribution in [0.1, 0.15) is 25.1 Å². The molecule has 1 unspecified atom stereocenters. The summed E-state index contributed by atoms with van der Waals surface area (Å²) >= 11 is 6.42. The monoisotopic (exact) mass is 388 g/mol. The number of rotatable bonds is 3. The maximum atomic E-state index is 11.7. The first-order valence-corrected chi connectivity index (χ1v) is 9.65. The quantitative estimate of drug-likeness (QED) is 0.809. The molecule has 0 N–H and O–H groups in total. The van der Waals surface area contributed by atoms with Gasteiger partial charge in [0.1, 0.15) is 6.10 Å². The second kappa shape index (κ2) is 6.84. The number of likely N-dealkylation sites (N-methyl/N-ethyl adjacent to an activating group) is 1. The summed E-state index contributed by atoms with van der Waals surface area (Å²) in [6, 6.07) is 7.80. The summed E-state index contributed by atoms with van der Waals surface area (Å²) in [7, 11) is 1.78. The molecule has 0 spiro atoms. The lowest BCUT2D eigenvalue weighted by Crippen LogP contribution is -2.39. The van der Waals surface area contributed by atoms with Gasteiger partial charge in [-0.25, -0.2) is 9.48 Å². The van der Waals surface area contributed by atoms with Gasteiger partial charge in [0.05, 0.1) is 23.5 Å². The largest absolute Gasteiger partial charge is 0.443 e. The molecule has 2 aliphatic heterocycles. The fourth-order valence-corrected chi connectivity index (χ4v) is 4.35. The second-order valence-corrected chi connectivity index (χ2v) is 8.78. The zero-order valence-corrected chi connectivity index (χ0v) is 16.7. The van der Waals surface area contributed by atoms with E-state index >= 15 is 0 Å². The molecule has 1 amide bonds. The minimum absolute atomic E-state index is 0.0683. The number of ether oxygens (including phenoxy) is 1. The Morgan fingerprint density at radius 3 is 2.81 bits per heavy atom. The number of para-hydroxylation sites is 1. The van der Waals surface area contributed by atoms with Crippen LogP contribution in [-0.2, 0) is 17.7 Å². The molecule has 6 nitrogen and oxygen atoms in total. The molecule has 4 rings (SSSR count). The molecule has 1 saturated heterocycles. The summed E-state index contributed by atoms with van der Waals surface area (Å²) in [6.07, 6.45) is 2.54. The molecule has 0 aliphatic carbocycles. The van der Waals surface area contributed by atoms with Crippen molar-refractivity contribution in [2.75, 3.05) is 26.7 Å². The summed E-state index contributed by atoms with van der Waals surface area (Å²) in [5, 5.41) is 5.34. The molecule has 144 valence electrons. The highest BCUT2D eigenvalue weighted by molar-refractivity contribution is 6.32. The highest BCUT2D eigenvalue weighted by atomic mass is 35.5. The van der Waals surface area contributed by atoms with Crippen molar-refractivity contribution in [1.29, 1.82) is 0 Å². The average molecular weight is 389 g/mol. The third-order valence-electron chi connectivity index (χ3n) is 5.25. The van der Waals surface area contributed by atoms with Gasteiger partial charge in [0.2, 0.25) is 0 Å². The lowest BCUT2D eigenvalue weighted by Gasteiger charge is -2.30. The summed E-state index contributed by atoms with van der Waals surface area (Å²) < 4.78 is 7.45. The number of fused-ring (bicyclic) bond motifs is 1. The molecule has 2 aromatic rings. The highest BCUT2D eigenvalue weighted by Gasteiger charge is 2.35. The van der Waals surface area contributed by atoms with Gasteiger partial charge in [0, 0.05) is 37.9 Å². The topological polar surface area (TPSA) is 50.6 Å². The van der Waals surface area contributed by atoms with E-state index in [4.69, 9.17) is 16.3 Å². The van der Waals surface area contributed by atoms with Crippen LogP contribution in [0.15, 0.2) is 30.5 Å². The number of nitrogens with zero attached hydrogens (tertiary/aromatic N) is 4. The first kappa shape index (κ1) is 18.3. The first-order valence-electron chi connectivity index (χ1n) is 9.27. The van der Waals surface area contributed by atoms with Crippen LogP contribution in [0.3, 0.4) is 0 Å². The van der Waals surface area contributed by atoms with Crippen LogP contribution in [0.4, 0.5) is 4.79 Å². The Morgan fingerprint density at radius 1 is 1.33 bits per heavy atom. The van der Waals surface area contributed by atoms with Gasteiger partial charge >= 0.3 is 6.09 Å². The zero-order chi connectivity index (χ0) is 19.2. The molecule has 1 atom stereocenters. The maximum Gasteiger partial charge on any atom is 0.410 e. The average Bonchev–Trinajstić information content (AvgIpc) is 3.06. The van der Waals surface area contributed by atoms with Crippen molar-refractivity contribution < 1.29 is 9.53 Å². The first-order chi connectivity index (χ1) is 12.8. The van der Waals surface area contributed by atoms with Crippen molar-refractivity contribution >= 4 is 17.7 Å². The van der Waals surface area contributed by atoms with E-state index < -0.39 is 0 Å². The number of aromatic nitrogens is 2. The van der Waals surface area contributed by atoms with E-state index in [1.165, 1.54) is 11.3 Å². The fourth-order valence-electron chi connectivity index (χ4n) is 4.13. The van der Waals surface area contributed by atoms with Gasteiger partial charge in [-0.1, -0.05) is 37.6 Å². The van der Waals surface area contributed by atoms with E-state index in [-0.39, 0.29) is 17.6 Å². The minimum Gasteiger partial charge on any atom is -0.443 e. The standard InChI is InChI=1S/C20H25ClN4O2/c1-20(2)8-18-14(9-22-25(18)17-7-5-4-6-16(17)21)10-24(13-20)12-15-11-23(3)19(26)27-15/h4-7,9,15H,8,10-13H2,1-3H3. The number of carbonyl (C=O) groups is 1. The molecular weight excluding hydrogens is 364 g/mol. The van der Waals surface area contributed by atoms with Crippen LogP contribution in [0.25, 0.3) is 5.69 Å². The van der Waals surface area contributed by atoms with E-state index in [0.717, 1.165) is 31.7 Å². The molecule has 1 aromatic heterocycles. The molecule has 27 heavy (non-hydrogen) atoms. The molecule has 1 fully saturated rings. The Bertz CT molecular complexity index is 863. The third-order valence-corrected chi connectivity index (χ3v) is 5.57. The Labute approximate surface area is 164 Å². The Morgan fingerprint density at radius 2 is 2.11 bits per heavy atom. The number of carbonyl (C=O) groups excluding carboxylic acids is 1. The van der Waals surface area contributed by atoms with E-state index in [1.54, 1.807) is 11.9 Å². The lowest BCUT2D eigenvalue weighted by molar-refractivity contribution is 0.0892. The smallest absolute Gasteiger partial charge is 0.410 e. The second-order valence-electron chi connectivity index (χ2n) is 8.38. The van der Waals surface area contributed by atoms with Gasteiger partial charge in [-0.05, 0) is 24.0 Å². The van der Waals surface area contributed by atoms with Gasteiger partial charge < -0.3 is 9.64 Å². The van der Waals surface area contributed by atoms with Crippen LogP contribution < -0.4 is 0 Å². The number of hydrogen-bond donors (Lipinski definition) is 0. The van der Waals surface area contributed by atoms with E-state index in [9.17, 15) is 4.79 Å². The number of halogens is 1. The molecule has 3 heterocycles. The van der Waals surface area contributed by atoms with Gasteiger partial charge in [-0.3, -0.25) is 4.90 Å². The summed E-state index contributed by atoms with van der Waals surface area (Å²) in [5.74, 6) is 0. The Balaban J connectivity index is 1.62. The Hall–Kier alpha value is -2.05. The Kier molecular flexibility index (Phi) is 4.64. The minimum atomic E-state index is -0.235. The van der Waals surface area contributed by atoms with Crippen LogP contribution in [-0.4, -0.2) is 58.5 Å². The number of benzene rings is 1. The number of cyclic esters (lactones) is 1. The zero-order valence-electron chi connectivity index (χ0n) is 16.0. The summed E-state index contributed by atoms with van der Waals surface area (Å²) in [6.45, 7) is 7.64. The summed E-state index contributed by atoms with van der Waals surface area (Å²) in [4.78, 5) is 15.7. The van der Waals surface area contributed by atoms with Crippen LogP contribution in [0.5, 0.6) is 0 Å². The third kappa shape index (κ3) is 3.69. The molecule has 0 saturated carbocycles. The van der Waals surface area contributed by atoms with E-state index in [0.29, 0.717) is 11.6 Å². The number of hydrogen-bond acceptors (Lipinski definition) is 4. The van der Waals surface area contributed by atoms with Gasteiger partial charge in [-0.2, -0.15) is 5.10 Å². The highest BCUT2D eigenvalue weighted by Crippen LogP contribution is 2.33. The fraction of sp³-hybridized carbons (Fsp3) is 0.500. The summed E-state index contributed by atoms with van der Waals surface area (Å²) in [5.41, 5.74) is 3.39. The molecule has 2 aliphatic rings. The maximum absolute atomic E-state index is 11.7. The molecule has 0 bridgehead atoms. The molecule has 0 radical (unpaired) electrons. The molecular formula is C20H25ClN4O2. The van der Waals surface area contributed by atoms with Crippen LogP contribution in [0.2, 0.25) is 5.02 Å². The van der Waals surface area contributed by atoms with Crippen molar-refractivity contribution in [1.82, 2.24) is 19.6 Å². The van der Waals surface area contributed by atoms with Gasteiger partial charge in [0.15, 0.2) is 0 Å². The predicted octanol–water partition coefficient (Wildman–Crippen LogP) is 3.36. The van der Waals surface area contributed by atoms with E-state index in [2.05, 4.69) is 23.8 Å². The van der Waals surface area contributed by atoms with Crippen LogP contribution >= 0.6 is 11.6 Å². The SMILES string of the molecule is CN1CC(CN2Cc3cnn(-c4ccccc4Cl)c3CC(C)(C)C2)OC1=O. The predicted molar refractivity (Wildman–Crippen MR) is 104 cm³/mol. The van der Waals surface area contributed by atoms with Crippen molar-refractivity contribution in [3.63, 3.8) is 0 Å². The molecule has 7 heteroatoms. The van der Waals surface area contributed by atoms with Gasteiger partial charge in [0.25, 0.3) is 0 Å². The van der Waals surface area contributed by atoms with Crippen LogP contribution in [0, 0.1) is 5.41 Å².